The zero-order chi connectivity index (χ0) is 43.5. The van der Waals surface area contributed by atoms with E-state index in [9.17, 15) is 22.1 Å². The predicted molar refractivity (Wildman–Crippen MR) is 233 cm³/mol. The first-order valence-corrected chi connectivity index (χ1v) is 28.3. The molecule has 11 nitrogen and oxygen atoms in total. The van der Waals surface area contributed by atoms with Crippen molar-refractivity contribution in [2.24, 2.45) is 30.0 Å². The predicted octanol–water partition coefficient (Wildman–Crippen LogP) is 3.06. The minimum atomic E-state index is -6.00. The number of carbonyl (C=O) groups is 1. The number of carbonyl (C=O) groups excluding carboxylic acids is 1. The van der Waals surface area contributed by atoms with Gasteiger partial charge in [0.25, 0.3) is 14.6 Å². The number of halogens is 4. The first-order valence-electron chi connectivity index (χ1n) is 18.4. The summed E-state index contributed by atoms with van der Waals surface area (Å²) in [6, 6.07) is 41.0. The minimum absolute atomic E-state index is 0.0376. The highest BCUT2D eigenvalue weighted by Gasteiger charge is 2.52. The molecule has 1 aromatic heterocycles. The second-order valence-corrected chi connectivity index (χ2v) is 28.3. The molecule has 0 saturated carbocycles. The van der Waals surface area contributed by atoms with Gasteiger partial charge in [0.05, 0.1) is 20.5 Å². The number of nitrogens with zero attached hydrogens (tertiary/aromatic N) is 2. The summed E-state index contributed by atoms with van der Waals surface area (Å²) >= 11 is 0. The van der Waals surface area contributed by atoms with Crippen molar-refractivity contribution in [1.82, 2.24) is 4.57 Å². The van der Waals surface area contributed by atoms with Crippen molar-refractivity contribution in [3.8, 4) is 0 Å². The Bertz CT molecular complexity index is 1820. The summed E-state index contributed by atoms with van der Waals surface area (Å²) in [4.78, 5) is 10.6. The highest BCUT2D eigenvalue weighted by Crippen LogP contribution is 2.18. The summed E-state index contributed by atoms with van der Waals surface area (Å²) in [7, 11) is -13.9. The molecule has 5 aromatic rings. The molecule has 0 unspecified atom stereocenters. The van der Waals surface area contributed by atoms with Crippen LogP contribution in [0.25, 0.3) is 0 Å². The summed E-state index contributed by atoms with van der Waals surface area (Å²) in [6.07, 6.45) is 6.27. The normalized spacial score (nSPS) is 11.9. The SMILES string of the molecule is CC(=O)n1cc[n+](C)c1.C[Si](C)(CN)O[Si](C)(C)OCN.F[B-](F)(F)F.NCO[Si](O[Si](CN)(c1ccccc1)c1ccccc1)(c1ccccc1)c1ccccc1. The Kier molecular flexibility index (Phi) is 20.5. The molecule has 0 radical (unpaired) electrons. The maximum absolute atomic E-state index is 10.6. The first kappa shape index (κ1) is 50.2. The quantitative estimate of drug-likeness (QED) is 0.0568. The van der Waals surface area contributed by atoms with E-state index in [2.05, 4.69) is 61.6 Å². The summed E-state index contributed by atoms with van der Waals surface area (Å²) in [5.41, 5.74) is 23.5. The lowest BCUT2D eigenvalue weighted by atomic mass is 10.3. The fourth-order valence-corrected chi connectivity index (χ4v) is 20.9. The molecule has 0 amide bonds. The fourth-order valence-electron chi connectivity index (χ4n) is 5.71. The molecule has 0 aliphatic carbocycles. The third-order valence-electron chi connectivity index (χ3n) is 8.26. The van der Waals surface area contributed by atoms with Gasteiger partial charge in [0.15, 0.2) is 8.32 Å². The van der Waals surface area contributed by atoms with Crippen molar-refractivity contribution in [2.75, 3.05) is 25.8 Å². The minimum Gasteiger partial charge on any atom is -0.435 e. The van der Waals surface area contributed by atoms with E-state index in [1.807, 2.05) is 104 Å². The van der Waals surface area contributed by atoms with E-state index in [1.54, 1.807) is 12.5 Å². The van der Waals surface area contributed by atoms with E-state index in [1.165, 1.54) is 11.5 Å². The zero-order valence-corrected chi connectivity index (χ0v) is 37.9. The topological polar surface area (TPSA) is 167 Å². The standard InChI is InChI=1S/C26H28N2O2Si2.C6H20N2O2Si2.C6H9N2O.BF4/c27-21-29-32(25-17-9-3-10-18-25,26-19-11-4-12-20-26)30-31(22-28,23-13-5-1-6-14-23)24-15-7-2-8-16-24;1-11(2,6-8)10-12(3,4)9-5-7;1-6(9)8-4-3-7(2)5-8;2-1(3,4)5/h1-20H,21-22,27-28H2;5-8H2,1-4H3;3-5H,1-2H3;/q;;+1;-1. The second-order valence-electron chi connectivity index (χ2n) is 13.8. The van der Waals surface area contributed by atoms with Crippen LogP contribution in [-0.4, -0.2) is 77.3 Å². The number of hydrogen-bond acceptors (Lipinski definition) is 9. The molecule has 0 aliphatic rings. The molecule has 0 aliphatic heterocycles. The van der Waals surface area contributed by atoms with Crippen molar-refractivity contribution in [3.05, 3.63) is 140 Å². The Hall–Kier alpha value is -3.91. The molecule has 58 heavy (non-hydrogen) atoms. The largest absolute Gasteiger partial charge is 0.673 e. The van der Waals surface area contributed by atoms with Gasteiger partial charge in [0.2, 0.25) is 0 Å². The Labute approximate surface area is 343 Å². The van der Waals surface area contributed by atoms with E-state index in [4.69, 9.17) is 40.0 Å². The van der Waals surface area contributed by atoms with Crippen LogP contribution in [0.15, 0.2) is 140 Å². The fraction of sp³-hybridized carbons (Fsp3) is 0.263. The van der Waals surface area contributed by atoms with Gasteiger partial charge in [0, 0.05) is 19.3 Å². The van der Waals surface area contributed by atoms with Crippen LogP contribution in [0.3, 0.4) is 0 Å². The van der Waals surface area contributed by atoms with Crippen LogP contribution in [-0.2, 0) is 24.1 Å². The number of imidazole rings is 1. The van der Waals surface area contributed by atoms with Gasteiger partial charge in [-0.1, -0.05) is 121 Å². The molecular weight excluding hydrogens is 820 g/mol. The van der Waals surface area contributed by atoms with Crippen LogP contribution in [0.5, 0.6) is 0 Å². The molecule has 0 atom stereocenters. The number of benzene rings is 4. The number of aromatic nitrogens is 2. The maximum atomic E-state index is 10.6. The number of hydrogen-bond donors (Lipinski definition) is 4. The smallest absolute Gasteiger partial charge is 0.435 e. The second kappa shape index (κ2) is 23.6. The van der Waals surface area contributed by atoms with E-state index in [-0.39, 0.29) is 19.4 Å². The highest BCUT2D eigenvalue weighted by atomic mass is 28.4. The molecule has 0 spiro atoms. The van der Waals surface area contributed by atoms with Crippen LogP contribution in [0.1, 0.15) is 11.7 Å². The van der Waals surface area contributed by atoms with Crippen LogP contribution in [0, 0.1) is 0 Å². The lowest BCUT2D eigenvalue weighted by molar-refractivity contribution is -0.670. The van der Waals surface area contributed by atoms with Gasteiger partial charge in [-0.25, -0.2) is 9.36 Å². The van der Waals surface area contributed by atoms with Crippen molar-refractivity contribution < 1.29 is 43.7 Å². The highest BCUT2D eigenvalue weighted by molar-refractivity contribution is 7.07. The molecule has 0 fully saturated rings. The van der Waals surface area contributed by atoms with Crippen LogP contribution < -0.4 is 48.2 Å². The summed E-state index contributed by atoms with van der Waals surface area (Å²) in [5.74, 6) is 0.0376. The van der Waals surface area contributed by atoms with Gasteiger partial charge in [-0.15, -0.1) is 0 Å². The van der Waals surface area contributed by atoms with E-state index in [0.29, 0.717) is 12.3 Å². The Balaban J connectivity index is 0.000000363. The molecule has 316 valence electrons. The van der Waals surface area contributed by atoms with Crippen molar-refractivity contribution in [3.63, 3.8) is 0 Å². The molecule has 8 N–H and O–H groups in total. The number of aryl methyl sites for hydroxylation is 1. The van der Waals surface area contributed by atoms with Crippen molar-refractivity contribution in [2.45, 2.75) is 33.1 Å². The van der Waals surface area contributed by atoms with Crippen LogP contribution >= 0.6 is 0 Å². The summed E-state index contributed by atoms with van der Waals surface area (Å²) < 4.78 is 67.4. The Morgan fingerprint density at radius 3 is 1.29 bits per heavy atom. The van der Waals surface area contributed by atoms with Gasteiger partial charge in [-0.3, -0.25) is 0 Å². The van der Waals surface area contributed by atoms with Gasteiger partial charge < -0.3 is 57.3 Å². The number of nitrogens with two attached hydrogens (primary N) is 4. The molecular formula is C38H57BF4N6O5Si4. The summed E-state index contributed by atoms with van der Waals surface area (Å²) in [5, 5.41) is 4.23. The van der Waals surface area contributed by atoms with E-state index >= 15 is 0 Å². The lowest BCUT2D eigenvalue weighted by Gasteiger charge is -2.41. The zero-order valence-electron chi connectivity index (χ0n) is 33.9. The van der Waals surface area contributed by atoms with Crippen LogP contribution in [0.2, 0.25) is 26.2 Å². The summed E-state index contributed by atoms with van der Waals surface area (Å²) in [6.45, 7) is 9.96. The number of rotatable bonds is 14. The molecule has 4 aromatic carbocycles. The van der Waals surface area contributed by atoms with Gasteiger partial charge in [-0.05, 0) is 46.9 Å². The van der Waals surface area contributed by atoms with Gasteiger partial charge in [0.1, 0.15) is 12.4 Å². The van der Waals surface area contributed by atoms with Crippen molar-refractivity contribution in [1.29, 1.82) is 0 Å². The monoisotopic (exact) mass is 876 g/mol. The first-order chi connectivity index (χ1) is 27.3. The van der Waals surface area contributed by atoms with Crippen molar-refractivity contribution >= 4 is 67.7 Å². The lowest BCUT2D eigenvalue weighted by Crippen LogP contribution is -2.76. The molecule has 0 saturated heterocycles. The Morgan fingerprint density at radius 1 is 0.638 bits per heavy atom. The maximum Gasteiger partial charge on any atom is 0.673 e. The Morgan fingerprint density at radius 2 is 1.02 bits per heavy atom. The van der Waals surface area contributed by atoms with E-state index in [0.717, 1.165) is 20.7 Å². The molecule has 20 heteroatoms. The van der Waals surface area contributed by atoms with Gasteiger partial charge >= 0.3 is 30.3 Å². The molecule has 1 heterocycles. The van der Waals surface area contributed by atoms with E-state index < -0.39 is 41.0 Å². The average molecular weight is 877 g/mol. The molecule has 0 bridgehead atoms. The average Bonchev–Trinajstić information content (AvgIpc) is 3.64. The van der Waals surface area contributed by atoms with Gasteiger partial charge in [-0.2, -0.15) is 4.57 Å². The third kappa shape index (κ3) is 16.4. The molecule has 5 rings (SSSR count). The third-order valence-corrected chi connectivity index (χ3v) is 22.7. The van der Waals surface area contributed by atoms with Crippen LogP contribution in [0.4, 0.5) is 17.3 Å².